The van der Waals surface area contributed by atoms with Gasteiger partial charge in [0.1, 0.15) is 4.83 Å². The van der Waals surface area contributed by atoms with Crippen molar-refractivity contribution in [2.75, 3.05) is 5.75 Å². The Labute approximate surface area is 202 Å². The molecule has 8 heteroatoms. The predicted octanol–water partition coefficient (Wildman–Crippen LogP) is 5.78. The van der Waals surface area contributed by atoms with Crippen LogP contribution in [0.2, 0.25) is 0 Å². The van der Waals surface area contributed by atoms with E-state index in [9.17, 15) is 4.79 Å². The summed E-state index contributed by atoms with van der Waals surface area (Å²) < 4.78 is 9.98. The highest BCUT2D eigenvalue weighted by atomic mass is 32.2. The first kappa shape index (κ1) is 22.6. The highest BCUT2D eigenvalue weighted by molar-refractivity contribution is 7.99. The molecule has 33 heavy (non-hydrogen) atoms. The zero-order valence-corrected chi connectivity index (χ0v) is 21.3. The molecule has 0 spiro atoms. The Hall–Kier alpha value is -2.16. The third-order valence-electron chi connectivity index (χ3n) is 6.32. The molecule has 1 atom stereocenters. The number of rotatable bonds is 7. The van der Waals surface area contributed by atoms with Crippen LogP contribution in [0.25, 0.3) is 21.7 Å². The van der Waals surface area contributed by atoms with Crippen LogP contribution < -0.4 is 5.56 Å². The number of fused-ring (bicyclic) bond motifs is 5. The van der Waals surface area contributed by atoms with Gasteiger partial charge in [0.2, 0.25) is 5.78 Å². The van der Waals surface area contributed by atoms with Gasteiger partial charge < -0.3 is 4.74 Å². The van der Waals surface area contributed by atoms with Gasteiger partial charge in [-0.2, -0.15) is 0 Å². The summed E-state index contributed by atoms with van der Waals surface area (Å²) >= 11 is 3.38. The van der Waals surface area contributed by atoms with Crippen LogP contribution in [-0.4, -0.2) is 31.0 Å². The van der Waals surface area contributed by atoms with Crippen molar-refractivity contribution >= 4 is 39.1 Å². The van der Waals surface area contributed by atoms with E-state index in [0.717, 1.165) is 55.7 Å². The summed E-state index contributed by atoms with van der Waals surface area (Å²) in [5, 5.41) is 10.7. The topological polar surface area (TPSA) is 61.4 Å². The Morgan fingerprint density at radius 2 is 2.12 bits per heavy atom. The van der Waals surface area contributed by atoms with Gasteiger partial charge in [-0.3, -0.25) is 4.79 Å². The fourth-order valence-corrected chi connectivity index (χ4v) is 6.71. The second kappa shape index (κ2) is 9.24. The molecule has 4 heterocycles. The summed E-state index contributed by atoms with van der Waals surface area (Å²) in [5.41, 5.74) is 3.06. The summed E-state index contributed by atoms with van der Waals surface area (Å²) in [6.07, 6.45) is 4.42. The normalized spacial score (nSPS) is 16.2. The Morgan fingerprint density at radius 1 is 1.27 bits per heavy atom. The maximum atomic E-state index is 14.0. The second-order valence-corrected chi connectivity index (χ2v) is 11.3. The minimum Gasteiger partial charge on any atom is -0.372 e. The van der Waals surface area contributed by atoms with Gasteiger partial charge in [0.05, 0.1) is 23.8 Å². The number of unbranched alkanes of at least 4 members (excludes halogenated alkanes) is 2. The highest BCUT2D eigenvalue weighted by Gasteiger charge is 2.30. The predicted molar refractivity (Wildman–Crippen MR) is 136 cm³/mol. The van der Waals surface area contributed by atoms with Crippen molar-refractivity contribution in [2.45, 2.75) is 71.2 Å². The SMILES string of the molecule is CCCCCSc1nnc2n(-c3cccc(C)c3)c(=O)c3c4c(sc3n12)COC(C(C)C)C4. The second-order valence-electron chi connectivity index (χ2n) is 9.13. The molecular formula is C25H30N4O2S2. The third-order valence-corrected chi connectivity index (χ3v) is 8.53. The number of ether oxygens (including phenoxy) is 1. The van der Waals surface area contributed by atoms with Crippen molar-refractivity contribution in [2.24, 2.45) is 5.92 Å². The average molecular weight is 483 g/mol. The lowest BCUT2D eigenvalue weighted by molar-refractivity contribution is 0.00200. The zero-order chi connectivity index (χ0) is 23.1. The number of nitrogens with zero attached hydrogens (tertiary/aromatic N) is 4. The van der Waals surface area contributed by atoms with E-state index in [0.29, 0.717) is 18.3 Å². The Kier molecular flexibility index (Phi) is 6.33. The van der Waals surface area contributed by atoms with Gasteiger partial charge in [-0.1, -0.05) is 57.5 Å². The molecule has 1 aliphatic rings. The van der Waals surface area contributed by atoms with Crippen molar-refractivity contribution in [3.63, 3.8) is 0 Å². The van der Waals surface area contributed by atoms with Crippen LogP contribution in [0.15, 0.2) is 34.2 Å². The van der Waals surface area contributed by atoms with Gasteiger partial charge in [-0.05, 0) is 42.5 Å². The molecule has 4 aromatic rings. The van der Waals surface area contributed by atoms with Gasteiger partial charge in [0.25, 0.3) is 5.56 Å². The van der Waals surface area contributed by atoms with Gasteiger partial charge >= 0.3 is 0 Å². The van der Waals surface area contributed by atoms with Crippen molar-refractivity contribution in [1.82, 2.24) is 19.2 Å². The Balaban J connectivity index is 1.77. The fourth-order valence-electron chi connectivity index (χ4n) is 4.48. The van der Waals surface area contributed by atoms with E-state index in [1.54, 1.807) is 27.7 Å². The number of thiophene rings is 1. The number of hydrogen-bond donors (Lipinski definition) is 0. The lowest BCUT2D eigenvalue weighted by Gasteiger charge is -2.26. The summed E-state index contributed by atoms with van der Waals surface area (Å²) in [4.78, 5) is 16.1. The monoisotopic (exact) mass is 482 g/mol. The van der Waals surface area contributed by atoms with E-state index in [4.69, 9.17) is 4.74 Å². The molecule has 1 aliphatic heterocycles. The first-order valence-electron chi connectivity index (χ1n) is 11.8. The summed E-state index contributed by atoms with van der Waals surface area (Å²) in [6, 6.07) is 8.04. The molecule has 1 unspecified atom stereocenters. The Morgan fingerprint density at radius 3 is 2.88 bits per heavy atom. The molecule has 0 fully saturated rings. The molecule has 174 valence electrons. The standard InChI is InChI=1S/C25H30N4O2S2/c1-5-6-7-11-32-25-27-26-24-28(17-10-8-9-16(4)12-17)22(30)21-18-13-19(15(2)3)31-14-20(18)33-23(21)29(24)25/h8-10,12,15,19H,5-7,11,13-14H2,1-4H3. The maximum absolute atomic E-state index is 14.0. The smallest absolute Gasteiger partial charge is 0.268 e. The van der Waals surface area contributed by atoms with Gasteiger partial charge in [0, 0.05) is 17.1 Å². The van der Waals surface area contributed by atoms with E-state index in [-0.39, 0.29) is 11.7 Å². The van der Waals surface area contributed by atoms with Gasteiger partial charge in [0.15, 0.2) is 5.16 Å². The van der Waals surface area contributed by atoms with Crippen molar-refractivity contribution in [1.29, 1.82) is 0 Å². The highest BCUT2D eigenvalue weighted by Crippen LogP contribution is 2.37. The minimum atomic E-state index is -0.0139. The van der Waals surface area contributed by atoms with Crippen molar-refractivity contribution < 1.29 is 4.74 Å². The number of aryl methyl sites for hydroxylation is 1. The molecule has 0 N–H and O–H groups in total. The van der Waals surface area contributed by atoms with Crippen LogP contribution in [0.3, 0.4) is 0 Å². The van der Waals surface area contributed by atoms with Crippen LogP contribution in [0.1, 0.15) is 56.0 Å². The van der Waals surface area contributed by atoms with E-state index in [1.165, 1.54) is 12.8 Å². The molecule has 0 saturated carbocycles. The number of hydrogen-bond acceptors (Lipinski definition) is 6. The molecule has 0 saturated heterocycles. The molecule has 6 nitrogen and oxygen atoms in total. The lowest BCUT2D eigenvalue weighted by atomic mass is 9.96. The van der Waals surface area contributed by atoms with Crippen LogP contribution >= 0.6 is 23.1 Å². The van der Waals surface area contributed by atoms with E-state index in [1.807, 2.05) is 31.2 Å². The molecule has 5 rings (SSSR count). The van der Waals surface area contributed by atoms with Crippen molar-refractivity contribution in [3.05, 3.63) is 50.6 Å². The fraction of sp³-hybridized carbons (Fsp3) is 0.480. The molecular weight excluding hydrogens is 452 g/mol. The molecule has 3 aromatic heterocycles. The van der Waals surface area contributed by atoms with Crippen molar-refractivity contribution in [3.8, 4) is 5.69 Å². The lowest BCUT2D eigenvalue weighted by Crippen LogP contribution is -2.28. The number of thioether (sulfide) groups is 1. The third kappa shape index (κ3) is 4.02. The van der Waals surface area contributed by atoms with Crippen LogP contribution in [0, 0.1) is 12.8 Å². The van der Waals surface area contributed by atoms with Crippen LogP contribution in [0.5, 0.6) is 0 Å². The Bertz CT molecular complexity index is 1370. The largest absolute Gasteiger partial charge is 0.372 e. The first-order chi connectivity index (χ1) is 16.0. The van der Waals surface area contributed by atoms with E-state index < -0.39 is 0 Å². The number of benzene rings is 1. The summed E-state index contributed by atoms with van der Waals surface area (Å²) in [5.74, 6) is 1.97. The molecule has 0 amide bonds. The molecule has 0 radical (unpaired) electrons. The average Bonchev–Trinajstić information content (AvgIpc) is 3.38. The first-order valence-corrected chi connectivity index (χ1v) is 13.6. The van der Waals surface area contributed by atoms with Gasteiger partial charge in [-0.15, -0.1) is 21.5 Å². The molecule has 0 bridgehead atoms. The van der Waals surface area contributed by atoms with Crippen LogP contribution in [-0.2, 0) is 17.8 Å². The minimum absolute atomic E-state index is 0.0139. The quantitative estimate of drug-likeness (QED) is 0.247. The van der Waals surface area contributed by atoms with E-state index in [2.05, 4.69) is 35.4 Å². The van der Waals surface area contributed by atoms with Gasteiger partial charge in [-0.25, -0.2) is 8.97 Å². The zero-order valence-electron chi connectivity index (χ0n) is 19.6. The summed E-state index contributed by atoms with van der Waals surface area (Å²) in [6.45, 7) is 9.17. The van der Waals surface area contributed by atoms with E-state index >= 15 is 0 Å². The molecule has 0 aliphatic carbocycles. The molecule has 1 aromatic carbocycles. The number of aromatic nitrogens is 4. The van der Waals surface area contributed by atoms with Crippen LogP contribution in [0.4, 0.5) is 0 Å². The maximum Gasteiger partial charge on any atom is 0.268 e. The summed E-state index contributed by atoms with van der Waals surface area (Å²) in [7, 11) is 0.